The van der Waals surface area contributed by atoms with E-state index in [9.17, 15) is 17.6 Å². The highest BCUT2D eigenvalue weighted by molar-refractivity contribution is 7.89. The Morgan fingerprint density at radius 2 is 2.04 bits per heavy atom. The van der Waals surface area contributed by atoms with Crippen LogP contribution < -0.4 is 10.0 Å². The molecule has 1 heterocycles. The summed E-state index contributed by atoms with van der Waals surface area (Å²) in [6, 6.07) is 9.71. The first-order valence-corrected chi connectivity index (χ1v) is 9.61. The lowest BCUT2D eigenvalue weighted by Gasteiger charge is -2.12. The summed E-state index contributed by atoms with van der Waals surface area (Å²) in [6.07, 6.45) is 0.614. The first-order valence-electron chi connectivity index (χ1n) is 8.13. The monoisotopic (exact) mass is 378 g/mol. The number of nitrogens with one attached hydrogen (secondary N) is 2. The van der Waals surface area contributed by atoms with E-state index in [1.54, 1.807) is 6.92 Å². The molecule has 0 aliphatic carbocycles. The van der Waals surface area contributed by atoms with Gasteiger partial charge < -0.3 is 10.1 Å². The minimum absolute atomic E-state index is 0.00679. The van der Waals surface area contributed by atoms with Crippen molar-refractivity contribution in [3.63, 3.8) is 0 Å². The van der Waals surface area contributed by atoms with Crippen LogP contribution in [0.3, 0.4) is 0 Å². The third-order valence-electron chi connectivity index (χ3n) is 4.07. The van der Waals surface area contributed by atoms with Crippen LogP contribution in [0.15, 0.2) is 47.4 Å². The number of aryl methyl sites for hydroxylation is 1. The van der Waals surface area contributed by atoms with Crippen LogP contribution in [0.1, 0.15) is 22.3 Å². The molecule has 1 atom stereocenters. The maximum Gasteiger partial charge on any atom is 0.255 e. The van der Waals surface area contributed by atoms with E-state index in [0.717, 1.165) is 0 Å². The van der Waals surface area contributed by atoms with E-state index in [1.165, 1.54) is 42.5 Å². The van der Waals surface area contributed by atoms with Gasteiger partial charge in [-0.2, -0.15) is 0 Å². The number of amides is 1. The minimum Gasteiger partial charge on any atom is -0.380 e. The number of rotatable bonds is 5. The van der Waals surface area contributed by atoms with Crippen LogP contribution in [0.25, 0.3) is 0 Å². The van der Waals surface area contributed by atoms with Crippen molar-refractivity contribution in [1.82, 2.24) is 4.72 Å². The van der Waals surface area contributed by atoms with Crippen LogP contribution >= 0.6 is 0 Å². The van der Waals surface area contributed by atoms with Crippen molar-refractivity contribution >= 4 is 21.6 Å². The maximum atomic E-state index is 13.3. The van der Waals surface area contributed by atoms with Crippen LogP contribution in [0.4, 0.5) is 10.1 Å². The van der Waals surface area contributed by atoms with E-state index < -0.39 is 15.9 Å². The molecule has 2 aromatic rings. The molecular formula is C18H19FN2O4S. The molecule has 138 valence electrons. The van der Waals surface area contributed by atoms with Crippen molar-refractivity contribution in [3.05, 3.63) is 59.4 Å². The number of benzene rings is 2. The van der Waals surface area contributed by atoms with Crippen molar-refractivity contribution in [2.75, 3.05) is 18.5 Å². The molecule has 0 bridgehead atoms. The largest absolute Gasteiger partial charge is 0.380 e. The van der Waals surface area contributed by atoms with Gasteiger partial charge in [-0.3, -0.25) is 4.79 Å². The number of sulfonamides is 1. The van der Waals surface area contributed by atoms with Crippen LogP contribution in [0.5, 0.6) is 0 Å². The quantitative estimate of drug-likeness (QED) is 0.837. The molecule has 1 aliphatic rings. The molecular weight excluding hydrogens is 359 g/mol. The van der Waals surface area contributed by atoms with Crippen LogP contribution in [-0.4, -0.2) is 33.6 Å². The van der Waals surface area contributed by atoms with Gasteiger partial charge in [-0.25, -0.2) is 17.5 Å². The Balaban J connectivity index is 1.77. The highest BCUT2D eigenvalue weighted by atomic mass is 32.2. The highest BCUT2D eigenvalue weighted by Gasteiger charge is 2.24. The molecule has 3 rings (SSSR count). The predicted molar refractivity (Wildman–Crippen MR) is 95.1 cm³/mol. The molecule has 26 heavy (non-hydrogen) atoms. The fourth-order valence-corrected chi connectivity index (χ4v) is 3.95. The van der Waals surface area contributed by atoms with Gasteiger partial charge in [0.1, 0.15) is 5.82 Å². The molecule has 8 heteroatoms. The summed E-state index contributed by atoms with van der Waals surface area (Å²) in [5, 5.41) is 2.64. The molecule has 1 fully saturated rings. The Morgan fingerprint density at radius 1 is 1.23 bits per heavy atom. The molecule has 1 amide bonds. The van der Waals surface area contributed by atoms with E-state index in [0.29, 0.717) is 30.9 Å². The van der Waals surface area contributed by atoms with Gasteiger partial charge in [-0.05, 0) is 55.3 Å². The van der Waals surface area contributed by atoms with Gasteiger partial charge >= 0.3 is 0 Å². The third-order valence-corrected chi connectivity index (χ3v) is 5.59. The lowest BCUT2D eigenvalue weighted by Crippen LogP contribution is -2.35. The van der Waals surface area contributed by atoms with E-state index >= 15 is 0 Å². The van der Waals surface area contributed by atoms with Crippen LogP contribution in [0, 0.1) is 12.7 Å². The number of carbonyl (C=O) groups excluding carboxylic acids is 1. The number of hydrogen-bond donors (Lipinski definition) is 2. The van der Waals surface area contributed by atoms with E-state index in [2.05, 4.69) is 10.0 Å². The Bertz CT molecular complexity index is 925. The van der Waals surface area contributed by atoms with Crippen molar-refractivity contribution in [1.29, 1.82) is 0 Å². The molecule has 0 aromatic heterocycles. The summed E-state index contributed by atoms with van der Waals surface area (Å²) < 4.78 is 46.0. The number of carbonyl (C=O) groups is 1. The first kappa shape index (κ1) is 18.5. The van der Waals surface area contributed by atoms with Crippen molar-refractivity contribution in [2.45, 2.75) is 24.3 Å². The third kappa shape index (κ3) is 4.27. The van der Waals surface area contributed by atoms with Crippen molar-refractivity contribution < 1.29 is 22.3 Å². The molecule has 2 aromatic carbocycles. The second kappa shape index (κ2) is 7.53. The fraction of sp³-hybridized carbons (Fsp3) is 0.278. The second-order valence-corrected chi connectivity index (χ2v) is 7.84. The van der Waals surface area contributed by atoms with Gasteiger partial charge in [0.2, 0.25) is 10.0 Å². The molecule has 0 spiro atoms. The van der Waals surface area contributed by atoms with Gasteiger partial charge in [0.15, 0.2) is 0 Å². The zero-order chi connectivity index (χ0) is 18.7. The predicted octanol–water partition coefficient (Wildman–Crippen LogP) is 2.45. The second-order valence-electron chi connectivity index (χ2n) is 6.13. The van der Waals surface area contributed by atoms with Gasteiger partial charge in [-0.1, -0.05) is 6.07 Å². The smallest absolute Gasteiger partial charge is 0.255 e. The molecule has 0 saturated carbocycles. The first-order chi connectivity index (χ1) is 12.3. The Kier molecular flexibility index (Phi) is 5.36. The molecule has 0 radical (unpaired) electrons. The Morgan fingerprint density at radius 3 is 2.73 bits per heavy atom. The topological polar surface area (TPSA) is 84.5 Å². The summed E-state index contributed by atoms with van der Waals surface area (Å²) in [5.41, 5.74) is 1.03. The van der Waals surface area contributed by atoms with E-state index in [1.807, 2.05) is 0 Å². The van der Waals surface area contributed by atoms with E-state index in [4.69, 9.17) is 4.74 Å². The standard InChI is InChI=1S/C18H19FN2O4S/c1-12-9-14(5-6-17(12)19)20-18(22)13-3-2-4-16(10-13)26(23,24)21-15-7-8-25-11-15/h2-6,9-10,15,21H,7-8,11H2,1H3,(H,20,22). The number of halogens is 1. The average molecular weight is 378 g/mol. The average Bonchev–Trinajstić information content (AvgIpc) is 3.10. The Labute approximate surface area is 151 Å². The van der Waals surface area contributed by atoms with Crippen molar-refractivity contribution in [2.24, 2.45) is 0 Å². The molecule has 1 aliphatic heterocycles. The molecule has 2 N–H and O–H groups in total. The fourth-order valence-electron chi connectivity index (χ4n) is 2.65. The van der Waals surface area contributed by atoms with Gasteiger partial charge in [0, 0.05) is 23.9 Å². The SMILES string of the molecule is Cc1cc(NC(=O)c2cccc(S(=O)(=O)NC3CCOC3)c2)ccc1F. The zero-order valence-corrected chi connectivity index (χ0v) is 15.0. The lowest BCUT2D eigenvalue weighted by molar-refractivity contribution is 0.102. The minimum atomic E-state index is -3.74. The molecule has 6 nitrogen and oxygen atoms in total. The van der Waals surface area contributed by atoms with Crippen molar-refractivity contribution in [3.8, 4) is 0 Å². The summed E-state index contributed by atoms with van der Waals surface area (Å²) >= 11 is 0. The number of ether oxygens (including phenoxy) is 1. The summed E-state index contributed by atoms with van der Waals surface area (Å²) in [7, 11) is -3.74. The summed E-state index contributed by atoms with van der Waals surface area (Å²) in [4.78, 5) is 12.4. The Hall–Kier alpha value is -2.29. The lowest BCUT2D eigenvalue weighted by atomic mass is 10.2. The van der Waals surface area contributed by atoms with Crippen LogP contribution in [0.2, 0.25) is 0 Å². The van der Waals surface area contributed by atoms with E-state index in [-0.39, 0.29) is 22.3 Å². The maximum absolute atomic E-state index is 13.3. The summed E-state index contributed by atoms with van der Waals surface area (Å²) in [5.74, 6) is -0.838. The highest BCUT2D eigenvalue weighted by Crippen LogP contribution is 2.17. The molecule has 1 unspecified atom stereocenters. The zero-order valence-electron chi connectivity index (χ0n) is 14.2. The normalized spacial score (nSPS) is 17.2. The molecule has 1 saturated heterocycles. The number of anilines is 1. The summed E-state index contributed by atoms with van der Waals surface area (Å²) in [6.45, 7) is 2.45. The van der Waals surface area contributed by atoms with Gasteiger partial charge in [0.05, 0.1) is 11.5 Å². The van der Waals surface area contributed by atoms with Gasteiger partial charge in [-0.15, -0.1) is 0 Å². The number of hydrogen-bond acceptors (Lipinski definition) is 4. The van der Waals surface area contributed by atoms with Crippen LogP contribution in [-0.2, 0) is 14.8 Å². The van der Waals surface area contributed by atoms with Gasteiger partial charge in [0.25, 0.3) is 5.91 Å².